The molecule has 1 aromatic heterocycles. The fourth-order valence-electron chi connectivity index (χ4n) is 1.53. The highest BCUT2D eigenvalue weighted by molar-refractivity contribution is 6.37. The zero-order valence-electron chi connectivity index (χ0n) is 9.50. The molecule has 0 bridgehead atoms. The molecule has 0 saturated carbocycles. The van der Waals surface area contributed by atoms with Crippen LogP contribution in [0.3, 0.4) is 0 Å². The minimum atomic E-state index is -0.194. The summed E-state index contributed by atoms with van der Waals surface area (Å²) in [6.45, 7) is 3.69. The predicted octanol–water partition coefficient (Wildman–Crippen LogP) is 0.965. The molecule has 6 heteroatoms. The van der Waals surface area contributed by atoms with Crippen LogP contribution >= 0.6 is 23.2 Å². The van der Waals surface area contributed by atoms with Gasteiger partial charge in [0.15, 0.2) is 5.75 Å². The Morgan fingerprint density at radius 2 is 1.94 bits per heavy atom. The summed E-state index contributed by atoms with van der Waals surface area (Å²) in [6.07, 6.45) is 1.59. The lowest BCUT2D eigenvalue weighted by Crippen LogP contribution is -2.28. The third kappa shape index (κ3) is 2.17. The average Bonchev–Trinajstić information content (AvgIpc) is 2.54. The van der Waals surface area contributed by atoms with Crippen LogP contribution in [0.25, 0.3) is 12.7 Å². The van der Waals surface area contributed by atoms with Crippen LogP contribution in [0.5, 0.6) is 5.75 Å². The van der Waals surface area contributed by atoms with E-state index in [2.05, 4.69) is 11.6 Å². The van der Waals surface area contributed by atoms with E-state index in [9.17, 15) is 9.90 Å². The van der Waals surface area contributed by atoms with E-state index >= 15 is 0 Å². The van der Waals surface area contributed by atoms with Crippen molar-refractivity contribution >= 4 is 35.9 Å². The second kappa shape index (κ2) is 4.55. The summed E-state index contributed by atoms with van der Waals surface area (Å²) in [6, 6.07) is 3.04. The van der Waals surface area contributed by atoms with Crippen LogP contribution in [0, 0.1) is 0 Å². The van der Waals surface area contributed by atoms with Crippen molar-refractivity contribution in [2.75, 3.05) is 0 Å². The van der Waals surface area contributed by atoms with Gasteiger partial charge in [-0.15, -0.1) is 0 Å². The molecule has 0 saturated heterocycles. The van der Waals surface area contributed by atoms with Crippen LogP contribution in [0.4, 0.5) is 0 Å². The number of hydrogen-bond donors (Lipinski definition) is 2. The third-order valence-corrected chi connectivity index (χ3v) is 3.15. The van der Waals surface area contributed by atoms with E-state index in [0.29, 0.717) is 16.4 Å². The molecule has 0 radical (unpaired) electrons. The van der Waals surface area contributed by atoms with E-state index < -0.39 is 0 Å². The Hall–Kier alpha value is -1.65. The molecule has 2 rings (SSSR count). The Bertz CT molecular complexity index is 751. The molecular weight excluding hydrogens is 275 g/mol. The zero-order chi connectivity index (χ0) is 13.4. The molecular formula is C12H10Cl2N2O2. The van der Waals surface area contributed by atoms with Crippen LogP contribution in [-0.2, 0) is 7.05 Å². The monoisotopic (exact) mass is 284 g/mol. The van der Waals surface area contributed by atoms with E-state index in [1.54, 1.807) is 13.1 Å². The molecule has 2 aromatic rings. The summed E-state index contributed by atoms with van der Waals surface area (Å²) < 4.78 is 1.40. The first-order chi connectivity index (χ1) is 8.40. The van der Waals surface area contributed by atoms with Crippen LogP contribution in [-0.4, -0.2) is 14.7 Å². The van der Waals surface area contributed by atoms with E-state index in [4.69, 9.17) is 23.2 Å². The first kappa shape index (κ1) is 12.8. The number of benzene rings is 1. The van der Waals surface area contributed by atoms with Crippen LogP contribution < -0.4 is 16.4 Å². The van der Waals surface area contributed by atoms with Gasteiger partial charge in [-0.1, -0.05) is 29.8 Å². The van der Waals surface area contributed by atoms with Gasteiger partial charge in [-0.05, 0) is 23.8 Å². The van der Waals surface area contributed by atoms with Crippen molar-refractivity contribution in [3.05, 3.63) is 48.9 Å². The summed E-state index contributed by atoms with van der Waals surface area (Å²) in [5, 5.41) is 10.1. The van der Waals surface area contributed by atoms with Gasteiger partial charge in [0, 0.05) is 7.05 Å². The number of aromatic amines is 1. The number of halogens is 2. The van der Waals surface area contributed by atoms with Crippen molar-refractivity contribution < 1.29 is 5.11 Å². The highest BCUT2D eigenvalue weighted by Crippen LogP contribution is 2.32. The lowest BCUT2D eigenvalue weighted by molar-refractivity contribution is 0.476. The van der Waals surface area contributed by atoms with Crippen LogP contribution in [0.2, 0.25) is 10.0 Å². The summed E-state index contributed by atoms with van der Waals surface area (Å²) >= 11 is 11.6. The van der Waals surface area contributed by atoms with Gasteiger partial charge in [-0.3, -0.25) is 9.36 Å². The Kier molecular flexibility index (Phi) is 3.24. The lowest BCUT2D eigenvalue weighted by atomic mass is 10.2. The van der Waals surface area contributed by atoms with Gasteiger partial charge in [-0.25, -0.2) is 0 Å². The van der Waals surface area contributed by atoms with Gasteiger partial charge >= 0.3 is 0 Å². The number of phenolic OH excluding ortho intramolecular Hbond substituents is 1. The Labute approximate surface area is 112 Å². The highest BCUT2D eigenvalue weighted by atomic mass is 35.5. The molecule has 0 aliphatic rings. The van der Waals surface area contributed by atoms with Crippen molar-refractivity contribution in [1.29, 1.82) is 0 Å². The highest BCUT2D eigenvalue weighted by Gasteiger charge is 2.06. The molecule has 1 aromatic carbocycles. The summed E-state index contributed by atoms with van der Waals surface area (Å²) in [7, 11) is 1.62. The van der Waals surface area contributed by atoms with Crippen molar-refractivity contribution in [3.63, 3.8) is 0 Å². The molecule has 2 N–H and O–H groups in total. The smallest absolute Gasteiger partial charge is 0.275 e. The maximum Gasteiger partial charge on any atom is 0.275 e. The number of nitrogens with one attached hydrogen (secondary N) is 1. The minimum absolute atomic E-state index is 0.131. The van der Waals surface area contributed by atoms with E-state index in [0.717, 1.165) is 0 Å². The van der Waals surface area contributed by atoms with Gasteiger partial charge in [0.2, 0.25) is 0 Å². The molecule has 0 atom stereocenters. The Morgan fingerprint density at radius 3 is 2.39 bits per heavy atom. The number of phenols is 1. The number of imidazole rings is 1. The first-order valence-electron chi connectivity index (χ1n) is 5.04. The minimum Gasteiger partial charge on any atom is -0.505 e. The third-order valence-electron chi connectivity index (χ3n) is 2.57. The Morgan fingerprint density at radius 1 is 1.39 bits per heavy atom. The maximum atomic E-state index is 11.8. The predicted molar refractivity (Wildman–Crippen MR) is 72.5 cm³/mol. The lowest BCUT2D eigenvalue weighted by Gasteiger charge is -2.00. The summed E-state index contributed by atoms with van der Waals surface area (Å²) in [4.78, 5) is 14.6. The number of H-pyrrole nitrogens is 1. The molecule has 1 heterocycles. The second-order valence-electron chi connectivity index (χ2n) is 3.83. The summed E-state index contributed by atoms with van der Waals surface area (Å²) in [5.41, 5.74) is 0.921. The standard InChI is InChI=1S/C12H10Cl2N2O2/c1-6-15-10(12(18)16(6)2)5-7-3-8(13)11(17)9(14)4-7/h3-5,15,17H,1H2,2H3. The molecule has 0 aliphatic carbocycles. The fourth-order valence-corrected chi connectivity index (χ4v) is 2.03. The molecule has 0 fully saturated rings. The van der Waals surface area contributed by atoms with Crippen molar-refractivity contribution in [2.45, 2.75) is 0 Å². The van der Waals surface area contributed by atoms with E-state index in [1.165, 1.54) is 16.7 Å². The van der Waals surface area contributed by atoms with E-state index in [-0.39, 0.29) is 21.4 Å². The van der Waals surface area contributed by atoms with Crippen molar-refractivity contribution in [3.8, 4) is 5.75 Å². The average molecular weight is 285 g/mol. The number of aromatic hydroxyl groups is 1. The summed E-state index contributed by atoms with van der Waals surface area (Å²) in [5.74, 6) is -0.173. The molecule has 4 nitrogen and oxygen atoms in total. The molecule has 0 aliphatic heterocycles. The number of nitrogens with zero attached hydrogens (tertiary/aromatic N) is 1. The zero-order valence-corrected chi connectivity index (χ0v) is 11.0. The number of aromatic nitrogens is 2. The van der Waals surface area contributed by atoms with E-state index in [1.807, 2.05) is 0 Å². The van der Waals surface area contributed by atoms with Gasteiger partial charge in [0.1, 0.15) is 10.8 Å². The van der Waals surface area contributed by atoms with Crippen molar-refractivity contribution in [1.82, 2.24) is 9.55 Å². The van der Waals surface area contributed by atoms with Gasteiger partial charge in [0.05, 0.1) is 10.0 Å². The SMILES string of the molecule is C=c1[nH]c(=Cc2cc(Cl)c(O)c(Cl)c2)c(=O)n1C. The quantitative estimate of drug-likeness (QED) is 0.820. The molecule has 0 spiro atoms. The largest absolute Gasteiger partial charge is 0.505 e. The molecule has 18 heavy (non-hydrogen) atoms. The topological polar surface area (TPSA) is 58.0 Å². The second-order valence-corrected chi connectivity index (χ2v) is 4.64. The number of rotatable bonds is 1. The van der Waals surface area contributed by atoms with Gasteiger partial charge in [0.25, 0.3) is 5.56 Å². The van der Waals surface area contributed by atoms with Crippen molar-refractivity contribution in [2.24, 2.45) is 7.05 Å². The van der Waals surface area contributed by atoms with Gasteiger partial charge < -0.3 is 10.1 Å². The molecule has 0 unspecified atom stereocenters. The molecule has 0 amide bonds. The first-order valence-corrected chi connectivity index (χ1v) is 5.79. The normalized spacial score (nSPS) is 12.1. The number of hydrogen-bond acceptors (Lipinski definition) is 2. The maximum absolute atomic E-state index is 11.8. The fraction of sp³-hybridized carbons (Fsp3) is 0.0833. The van der Waals surface area contributed by atoms with Crippen LogP contribution in [0.1, 0.15) is 5.56 Å². The molecule has 94 valence electrons. The van der Waals surface area contributed by atoms with Crippen LogP contribution in [0.15, 0.2) is 16.9 Å². The van der Waals surface area contributed by atoms with Gasteiger partial charge in [-0.2, -0.15) is 0 Å². The Balaban J connectivity index is 2.68.